The van der Waals surface area contributed by atoms with Gasteiger partial charge in [0, 0.05) is 18.2 Å². The summed E-state index contributed by atoms with van der Waals surface area (Å²) in [5.74, 6) is 2.56. The minimum absolute atomic E-state index is 0.160. The molecule has 32 heavy (non-hydrogen) atoms. The quantitative estimate of drug-likeness (QED) is 0.366. The molecule has 10 heteroatoms. The molecule has 9 nitrogen and oxygen atoms in total. The lowest BCUT2D eigenvalue weighted by molar-refractivity contribution is -0.115. The van der Waals surface area contributed by atoms with E-state index >= 15 is 0 Å². The second kappa shape index (κ2) is 10.0. The molecule has 0 saturated heterocycles. The van der Waals surface area contributed by atoms with Gasteiger partial charge < -0.3 is 23.6 Å². The van der Waals surface area contributed by atoms with E-state index in [0.717, 1.165) is 0 Å². The number of hydrogen-bond donors (Lipinski definition) is 1. The van der Waals surface area contributed by atoms with Gasteiger partial charge in [0.25, 0.3) is 0 Å². The van der Waals surface area contributed by atoms with Crippen LogP contribution >= 0.6 is 11.8 Å². The van der Waals surface area contributed by atoms with Crippen molar-refractivity contribution in [2.45, 2.75) is 11.6 Å². The summed E-state index contributed by atoms with van der Waals surface area (Å²) in [7, 11) is 3.10. The lowest BCUT2D eigenvalue weighted by Crippen LogP contribution is -2.13. The van der Waals surface area contributed by atoms with Crippen LogP contribution in [0.5, 0.6) is 11.5 Å². The van der Waals surface area contributed by atoms with Gasteiger partial charge >= 0.3 is 0 Å². The predicted molar refractivity (Wildman–Crippen MR) is 119 cm³/mol. The predicted octanol–water partition coefficient (Wildman–Crippen LogP) is 4.53. The number of aromatic nitrogens is 3. The highest BCUT2D eigenvalue weighted by molar-refractivity contribution is 7.99. The highest BCUT2D eigenvalue weighted by Crippen LogP contribution is 2.31. The number of nitrogens with one attached hydrogen (secondary N) is 1. The highest BCUT2D eigenvalue weighted by atomic mass is 32.2. The zero-order valence-electron chi connectivity index (χ0n) is 17.4. The molecule has 0 unspecified atom stereocenters. The van der Waals surface area contributed by atoms with Gasteiger partial charge in [-0.05, 0) is 36.4 Å². The number of anilines is 1. The number of benzene rings is 1. The van der Waals surface area contributed by atoms with Gasteiger partial charge in [-0.2, -0.15) is 0 Å². The summed E-state index contributed by atoms with van der Waals surface area (Å²) in [6, 6.07) is 12.3. The average Bonchev–Trinajstić information content (AvgIpc) is 3.54. The van der Waals surface area contributed by atoms with E-state index in [4.69, 9.17) is 18.3 Å². The van der Waals surface area contributed by atoms with Gasteiger partial charge in [-0.25, -0.2) is 4.98 Å². The fraction of sp³-hybridized carbons (Fsp3) is 0.182. The maximum Gasteiger partial charge on any atom is 0.225 e. The third-order valence-electron chi connectivity index (χ3n) is 4.42. The van der Waals surface area contributed by atoms with Crippen molar-refractivity contribution in [3.8, 4) is 34.4 Å². The van der Waals surface area contributed by atoms with Crippen LogP contribution in [0.3, 0.4) is 0 Å². The third-order valence-corrected chi connectivity index (χ3v) is 5.26. The van der Waals surface area contributed by atoms with Crippen molar-refractivity contribution in [2.75, 3.05) is 25.3 Å². The Balaban J connectivity index is 1.41. The van der Waals surface area contributed by atoms with Crippen molar-refractivity contribution in [3.63, 3.8) is 0 Å². The number of thioether (sulfide) groups is 1. The van der Waals surface area contributed by atoms with Gasteiger partial charge in [0.1, 0.15) is 17.2 Å². The summed E-state index contributed by atoms with van der Waals surface area (Å²) in [4.78, 5) is 17.0. The van der Waals surface area contributed by atoms with Gasteiger partial charge in [-0.1, -0.05) is 11.8 Å². The molecule has 1 amide bonds. The van der Waals surface area contributed by atoms with Gasteiger partial charge in [0.05, 0.1) is 32.4 Å². The number of furan rings is 2. The molecule has 1 N–H and O–H groups in total. The smallest absolute Gasteiger partial charge is 0.225 e. The molecule has 0 saturated carbocycles. The number of carbonyl (C=O) groups is 1. The van der Waals surface area contributed by atoms with Crippen LogP contribution in [0.4, 0.5) is 5.69 Å². The lowest BCUT2D eigenvalue weighted by atomic mass is 10.2. The van der Waals surface area contributed by atoms with E-state index in [1.807, 2.05) is 0 Å². The molecule has 3 aromatic heterocycles. The van der Waals surface area contributed by atoms with E-state index in [1.165, 1.54) is 18.9 Å². The highest BCUT2D eigenvalue weighted by Gasteiger charge is 2.18. The van der Waals surface area contributed by atoms with E-state index in [0.29, 0.717) is 51.0 Å². The number of rotatable bonds is 9. The number of carbonyl (C=O) groups excluding carboxylic acids is 1. The van der Waals surface area contributed by atoms with Crippen LogP contribution in [0.2, 0.25) is 0 Å². The van der Waals surface area contributed by atoms with Crippen molar-refractivity contribution in [1.82, 2.24) is 15.2 Å². The normalized spacial score (nSPS) is 10.7. The summed E-state index contributed by atoms with van der Waals surface area (Å²) in [6.45, 7) is 0. The topological polar surface area (TPSA) is 113 Å². The van der Waals surface area contributed by atoms with Gasteiger partial charge in [-0.15, -0.1) is 10.2 Å². The van der Waals surface area contributed by atoms with E-state index in [2.05, 4.69) is 20.5 Å². The average molecular weight is 452 g/mol. The zero-order valence-corrected chi connectivity index (χ0v) is 18.2. The molecular formula is C22H20N4O5S. The maximum absolute atomic E-state index is 12.4. The minimum Gasteiger partial charge on any atom is -0.497 e. The van der Waals surface area contributed by atoms with Crippen LogP contribution in [0.25, 0.3) is 22.9 Å². The molecule has 1 aromatic carbocycles. The monoisotopic (exact) mass is 452 g/mol. The van der Waals surface area contributed by atoms with Crippen molar-refractivity contribution < 1.29 is 23.1 Å². The molecule has 164 valence electrons. The SMILES string of the molecule is COc1ccc(NC(=O)CCSc2nnc(-c3ccco3)c(-c3ccco3)n2)c(OC)c1. The fourth-order valence-electron chi connectivity index (χ4n) is 2.89. The third kappa shape index (κ3) is 4.92. The van der Waals surface area contributed by atoms with Crippen molar-refractivity contribution in [1.29, 1.82) is 0 Å². The standard InChI is InChI=1S/C22H20N4O5S/c1-28-14-7-8-15(18(13-14)29-2)23-19(27)9-12-32-22-24-20(16-5-3-10-30-16)21(25-26-22)17-6-4-11-31-17/h3-8,10-11,13H,9,12H2,1-2H3,(H,23,27). The molecule has 4 aromatic rings. The minimum atomic E-state index is -0.160. The van der Waals surface area contributed by atoms with Crippen LogP contribution in [-0.2, 0) is 4.79 Å². The molecule has 0 aliphatic heterocycles. The zero-order chi connectivity index (χ0) is 22.3. The van der Waals surface area contributed by atoms with E-state index in [9.17, 15) is 4.79 Å². The Morgan fingerprint density at radius 2 is 1.75 bits per heavy atom. The first-order valence-corrected chi connectivity index (χ1v) is 10.6. The van der Waals surface area contributed by atoms with Crippen molar-refractivity contribution in [2.24, 2.45) is 0 Å². The van der Waals surface area contributed by atoms with Crippen molar-refractivity contribution in [3.05, 3.63) is 55.0 Å². The fourth-order valence-corrected chi connectivity index (χ4v) is 3.61. The first kappa shape index (κ1) is 21.4. The molecule has 0 bridgehead atoms. The first-order valence-electron chi connectivity index (χ1n) is 9.65. The largest absolute Gasteiger partial charge is 0.497 e. The number of amides is 1. The number of hydrogen-bond acceptors (Lipinski definition) is 9. The van der Waals surface area contributed by atoms with E-state index in [-0.39, 0.29) is 12.3 Å². The second-order valence-corrected chi connectivity index (χ2v) is 7.52. The van der Waals surface area contributed by atoms with Gasteiger partial charge in [-0.3, -0.25) is 4.79 Å². The summed E-state index contributed by atoms with van der Waals surface area (Å²) < 4.78 is 21.4. The van der Waals surface area contributed by atoms with Crippen molar-refractivity contribution >= 4 is 23.4 Å². The summed E-state index contributed by atoms with van der Waals surface area (Å²) in [6.07, 6.45) is 3.37. The van der Waals surface area contributed by atoms with Gasteiger partial charge in [0.15, 0.2) is 17.2 Å². The summed E-state index contributed by atoms with van der Waals surface area (Å²) >= 11 is 1.32. The van der Waals surface area contributed by atoms with Crippen LogP contribution < -0.4 is 14.8 Å². The Bertz CT molecular complexity index is 1180. The number of methoxy groups -OCH3 is 2. The summed E-state index contributed by atoms with van der Waals surface area (Å²) in [5.41, 5.74) is 1.58. The Labute approximate surface area is 188 Å². The second-order valence-electron chi connectivity index (χ2n) is 6.46. The van der Waals surface area contributed by atoms with Crippen LogP contribution in [-0.4, -0.2) is 41.1 Å². The number of nitrogens with zero attached hydrogens (tertiary/aromatic N) is 3. The molecule has 0 aliphatic rings. The Hall–Kier alpha value is -3.79. The van der Waals surface area contributed by atoms with Crippen LogP contribution in [0.1, 0.15) is 6.42 Å². The molecular weight excluding hydrogens is 432 g/mol. The summed E-state index contributed by atoms with van der Waals surface area (Å²) in [5, 5.41) is 11.7. The molecule has 3 heterocycles. The molecule has 4 rings (SSSR count). The first-order chi connectivity index (χ1) is 15.7. The van der Waals surface area contributed by atoms with E-state index in [1.54, 1.807) is 62.1 Å². The number of ether oxygens (including phenoxy) is 2. The Kier molecular flexibility index (Phi) is 6.71. The van der Waals surface area contributed by atoms with Gasteiger partial charge in [0.2, 0.25) is 11.1 Å². The molecule has 0 atom stereocenters. The Morgan fingerprint density at radius 1 is 1.00 bits per heavy atom. The van der Waals surface area contributed by atoms with Crippen LogP contribution in [0.15, 0.2) is 69.0 Å². The molecule has 0 aliphatic carbocycles. The Morgan fingerprint density at radius 3 is 2.41 bits per heavy atom. The van der Waals surface area contributed by atoms with E-state index < -0.39 is 0 Å². The maximum atomic E-state index is 12.4. The molecule has 0 spiro atoms. The molecule has 0 radical (unpaired) electrons. The lowest BCUT2D eigenvalue weighted by Gasteiger charge is -2.11. The molecule has 0 fully saturated rings. The van der Waals surface area contributed by atoms with Crippen LogP contribution in [0, 0.1) is 0 Å².